The molecular formula is C16H18N2O3. The number of benzene rings is 2. The molecule has 0 aromatic heterocycles. The van der Waals surface area contributed by atoms with Crippen molar-refractivity contribution in [3.63, 3.8) is 0 Å². The predicted molar refractivity (Wildman–Crippen MR) is 82.3 cm³/mol. The van der Waals surface area contributed by atoms with Gasteiger partial charge in [-0.05, 0) is 18.5 Å². The first-order chi connectivity index (χ1) is 10.1. The summed E-state index contributed by atoms with van der Waals surface area (Å²) in [5.74, 6) is -1.02. The number of nitrogens with zero attached hydrogens (tertiary/aromatic N) is 1. The highest BCUT2D eigenvalue weighted by Crippen LogP contribution is 2.22. The van der Waals surface area contributed by atoms with Crippen molar-refractivity contribution in [3.8, 4) is 0 Å². The van der Waals surface area contributed by atoms with Gasteiger partial charge in [-0.3, -0.25) is 14.5 Å². The molecule has 2 N–H and O–H groups in total. The first-order valence-corrected chi connectivity index (χ1v) is 6.74. The zero-order valence-electron chi connectivity index (χ0n) is 11.9. The van der Waals surface area contributed by atoms with Gasteiger partial charge < -0.3 is 10.4 Å². The minimum atomic E-state index is -0.896. The van der Waals surface area contributed by atoms with Gasteiger partial charge in [0.2, 0.25) is 5.91 Å². The van der Waals surface area contributed by atoms with E-state index < -0.39 is 5.97 Å². The molecule has 2 aromatic rings. The smallest absolute Gasteiger partial charge is 0.317 e. The standard InChI is InChI=1S/C16H18N2O3/c1-18(11-16(20)21)10-9-15(19)17-14-8-4-6-12-5-2-3-7-13(12)14/h2-8H,9-11H2,1H3,(H,17,19)(H,20,21). The predicted octanol–water partition coefficient (Wildman–Crippen LogP) is 2.18. The highest BCUT2D eigenvalue weighted by Gasteiger charge is 2.09. The third-order valence-electron chi connectivity index (χ3n) is 3.19. The van der Waals surface area contributed by atoms with Crippen LogP contribution in [0.3, 0.4) is 0 Å². The van der Waals surface area contributed by atoms with Crippen LogP contribution in [-0.4, -0.2) is 42.0 Å². The van der Waals surface area contributed by atoms with Crippen molar-refractivity contribution in [1.29, 1.82) is 0 Å². The quantitative estimate of drug-likeness (QED) is 0.854. The molecule has 0 aliphatic rings. The molecule has 0 saturated heterocycles. The molecule has 0 atom stereocenters. The van der Waals surface area contributed by atoms with E-state index in [1.54, 1.807) is 11.9 Å². The number of hydrogen-bond acceptors (Lipinski definition) is 3. The summed E-state index contributed by atoms with van der Waals surface area (Å²) in [5.41, 5.74) is 0.777. The van der Waals surface area contributed by atoms with E-state index in [2.05, 4.69) is 5.32 Å². The summed E-state index contributed by atoms with van der Waals surface area (Å²) in [5, 5.41) is 13.6. The van der Waals surface area contributed by atoms with Gasteiger partial charge in [0.1, 0.15) is 0 Å². The lowest BCUT2D eigenvalue weighted by molar-refractivity contribution is -0.138. The number of carbonyl (C=O) groups excluding carboxylic acids is 1. The normalized spacial score (nSPS) is 10.8. The van der Waals surface area contributed by atoms with Crippen LogP contribution in [0.5, 0.6) is 0 Å². The van der Waals surface area contributed by atoms with Gasteiger partial charge in [0.05, 0.1) is 6.54 Å². The highest BCUT2D eigenvalue weighted by atomic mass is 16.4. The van der Waals surface area contributed by atoms with Crippen molar-refractivity contribution >= 4 is 28.3 Å². The minimum absolute atomic E-state index is 0.0679. The van der Waals surface area contributed by atoms with Crippen LogP contribution in [-0.2, 0) is 9.59 Å². The molecule has 110 valence electrons. The van der Waals surface area contributed by atoms with E-state index in [0.717, 1.165) is 16.5 Å². The highest BCUT2D eigenvalue weighted by molar-refractivity contribution is 6.02. The van der Waals surface area contributed by atoms with Crippen LogP contribution >= 0.6 is 0 Å². The molecular weight excluding hydrogens is 268 g/mol. The maximum atomic E-state index is 12.0. The molecule has 5 nitrogen and oxygen atoms in total. The van der Waals surface area contributed by atoms with Gasteiger partial charge in [-0.15, -0.1) is 0 Å². The second-order valence-corrected chi connectivity index (χ2v) is 4.96. The monoisotopic (exact) mass is 286 g/mol. The number of nitrogens with one attached hydrogen (secondary N) is 1. The molecule has 0 fully saturated rings. The molecule has 0 aliphatic carbocycles. The zero-order chi connectivity index (χ0) is 15.2. The van der Waals surface area contributed by atoms with Crippen molar-refractivity contribution in [2.45, 2.75) is 6.42 Å². The van der Waals surface area contributed by atoms with E-state index in [9.17, 15) is 9.59 Å². The van der Waals surface area contributed by atoms with Crippen LogP contribution in [0.15, 0.2) is 42.5 Å². The largest absolute Gasteiger partial charge is 0.480 e. The lowest BCUT2D eigenvalue weighted by Gasteiger charge is -2.14. The first kappa shape index (κ1) is 15.0. The molecule has 0 bridgehead atoms. The van der Waals surface area contributed by atoms with Gasteiger partial charge >= 0.3 is 5.97 Å². The summed E-state index contributed by atoms with van der Waals surface area (Å²) in [6, 6.07) is 13.6. The van der Waals surface area contributed by atoms with Crippen molar-refractivity contribution in [2.24, 2.45) is 0 Å². The number of aliphatic carboxylic acids is 1. The van der Waals surface area contributed by atoms with E-state index >= 15 is 0 Å². The average molecular weight is 286 g/mol. The van der Waals surface area contributed by atoms with Crippen LogP contribution in [0.1, 0.15) is 6.42 Å². The summed E-state index contributed by atoms with van der Waals surface area (Å²) in [6.07, 6.45) is 0.257. The van der Waals surface area contributed by atoms with Gasteiger partial charge in [0, 0.05) is 24.0 Å². The molecule has 0 saturated carbocycles. The van der Waals surface area contributed by atoms with Crippen LogP contribution in [0.25, 0.3) is 10.8 Å². The van der Waals surface area contributed by atoms with Gasteiger partial charge in [-0.1, -0.05) is 36.4 Å². The molecule has 0 spiro atoms. The molecule has 5 heteroatoms. The Kier molecular flexibility index (Phi) is 4.90. The third kappa shape index (κ3) is 4.29. The summed E-state index contributed by atoms with van der Waals surface area (Å²) in [7, 11) is 1.68. The molecule has 2 aromatic carbocycles. The molecule has 21 heavy (non-hydrogen) atoms. The number of carbonyl (C=O) groups is 2. The average Bonchev–Trinajstić information content (AvgIpc) is 2.45. The number of carboxylic acids is 1. The molecule has 0 unspecified atom stereocenters. The summed E-state index contributed by atoms with van der Waals surface area (Å²) < 4.78 is 0. The number of rotatable bonds is 6. The fraction of sp³-hybridized carbons (Fsp3) is 0.250. The number of carboxylic acid groups (broad SMARTS) is 1. The van der Waals surface area contributed by atoms with Gasteiger partial charge in [0.25, 0.3) is 0 Å². The Morgan fingerprint density at radius 3 is 2.62 bits per heavy atom. The molecule has 2 rings (SSSR count). The molecule has 1 amide bonds. The molecule has 0 aliphatic heterocycles. The van der Waals surface area contributed by atoms with E-state index in [-0.39, 0.29) is 18.9 Å². The van der Waals surface area contributed by atoms with E-state index in [1.807, 2.05) is 42.5 Å². The fourth-order valence-corrected chi connectivity index (χ4v) is 2.15. The SMILES string of the molecule is CN(CCC(=O)Nc1cccc2ccccc12)CC(=O)O. The minimum Gasteiger partial charge on any atom is -0.480 e. The Labute approximate surface area is 123 Å². The Morgan fingerprint density at radius 2 is 1.86 bits per heavy atom. The second-order valence-electron chi connectivity index (χ2n) is 4.96. The first-order valence-electron chi connectivity index (χ1n) is 6.74. The third-order valence-corrected chi connectivity index (χ3v) is 3.19. The molecule has 0 radical (unpaired) electrons. The van der Waals surface area contributed by atoms with Gasteiger partial charge in [-0.25, -0.2) is 0 Å². The summed E-state index contributed by atoms with van der Waals surface area (Å²) in [6.45, 7) is 0.338. The lowest BCUT2D eigenvalue weighted by Crippen LogP contribution is -2.29. The van der Waals surface area contributed by atoms with Crippen molar-refractivity contribution in [3.05, 3.63) is 42.5 Å². The second kappa shape index (κ2) is 6.85. The van der Waals surface area contributed by atoms with Crippen molar-refractivity contribution in [1.82, 2.24) is 4.90 Å². The van der Waals surface area contributed by atoms with E-state index in [0.29, 0.717) is 6.54 Å². The van der Waals surface area contributed by atoms with Crippen LogP contribution in [0.4, 0.5) is 5.69 Å². The number of amides is 1. The van der Waals surface area contributed by atoms with E-state index in [4.69, 9.17) is 5.11 Å². The maximum Gasteiger partial charge on any atom is 0.317 e. The molecule has 0 heterocycles. The van der Waals surface area contributed by atoms with Crippen LogP contribution in [0, 0.1) is 0 Å². The maximum absolute atomic E-state index is 12.0. The van der Waals surface area contributed by atoms with E-state index in [1.165, 1.54) is 0 Å². The van der Waals surface area contributed by atoms with Crippen molar-refractivity contribution in [2.75, 3.05) is 25.5 Å². The Hall–Kier alpha value is -2.40. The topological polar surface area (TPSA) is 69.6 Å². The van der Waals surface area contributed by atoms with Gasteiger partial charge in [0.15, 0.2) is 0 Å². The summed E-state index contributed by atoms with van der Waals surface area (Å²) in [4.78, 5) is 24.1. The van der Waals surface area contributed by atoms with Crippen molar-refractivity contribution < 1.29 is 14.7 Å². The number of anilines is 1. The fourth-order valence-electron chi connectivity index (χ4n) is 2.15. The summed E-state index contributed by atoms with van der Waals surface area (Å²) >= 11 is 0. The Balaban J connectivity index is 1.97. The Bertz CT molecular complexity index is 650. The number of hydrogen-bond donors (Lipinski definition) is 2. The van der Waals surface area contributed by atoms with Crippen LogP contribution in [0.2, 0.25) is 0 Å². The lowest BCUT2D eigenvalue weighted by atomic mass is 10.1. The van der Waals surface area contributed by atoms with Crippen LogP contribution < -0.4 is 5.32 Å². The zero-order valence-corrected chi connectivity index (χ0v) is 11.9. The number of fused-ring (bicyclic) bond motifs is 1. The number of likely N-dealkylation sites (N-methyl/N-ethyl adjacent to an activating group) is 1. The Morgan fingerprint density at radius 1 is 1.14 bits per heavy atom. The van der Waals surface area contributed by atoms with Gasteiger partial charge in [-0.2, -0.15) is 0 Å².